The molecule has 0 spiro atoms. The molecule has 0 saturated carbocycles. The van der Waals surface area contributed by atoms with Gasteiger partial charge in [-0.2, -0.15) is 5.26 Å². The smallest absolute Gasteiger partial charge is 0.249 e. The van der Waals surface area contributed by atoms with Crippen LogP contribution >= 0.6 is 11.6 Å². The van der Waals surface area contributed by atoms with Crippen molar-refractivity contribution in [3.8, 4) is 11.8 Å². The Morgan fingerprint density at radius 3 is 2.83 bits per heavy atom. The summed E-state index contributed by atoms with van der Waals surface area (Å²) in [7, 11) is 1.45. The van der Waals surface area contributed by atoms with Crippen molar-refractivity contribution in [1.82, 2.24) is 0 Å². The number of halogens is 1. The number of nitriles is 1. The summed E-state index contributed by atoms with van der Waals surface area (Å²) in [5.41, 5.74) is 1.14. The SMILES string of the molecule is COc1cc(Cl)c(C)cc1NC(=O)[C@H](C#N)C(=O)C[C@@H]1C=CCC1. The number of carbonyl (C=O) groups excluding carboxylic acids is 2. The first-order valence-electron chi connectivity index (χ1n) is 7.70. The van der Waals surface area contributed by atoms with Crippen LogP contribution in [0.1, 0.15) is 24.8 Å². The normalized spacial score (nSPS) is 17.2. The van der Waals surface area contributed by atoms with Gasteiger partial charge in [0, 0.05) is 17.5 Å². The van der Waals surface area contributed by atoms with E-state index in [0.29, 0.717) is 16.5 Å². The molecule has 1 aromatic carbocycles. The fraction of sp³-hybridized carbons (Fsp3) is 0.389. The maximum absolute atomic E-state index is 12.4. The van der Waals surface area contributed by atoms with Crippen LogP contribution in [-0.4, -0.2) is 18.8 Å². The van der Waals surface area contributed by atoms with Crippen LogP contribution in [0.4, 0.5) is 5.69 Å². The molecular weight excluding hydrogens is 328 g/mol. The van der Waals surface area contributed by atoms with E-state index in [2.05, 4.69) is 5.32 Å². The Morgan fingerprint density at radius 1 is 1.50 bits per heavy atom. The van der Waals surface area contributed by atoms with Crippen molar-refractivity contribution in [2.24, 2.45) is 11.8 Å². The highest BCUT2D eigenvalue weighted by atomic mass is 35.5. The van der Waals surface area contributed by atoms with E-state index in [1.165, 1.54) is 7.11 Å². The number of ether oxygens (including phenoxy) is 1. The number of allylic oxidation sites excluding steroid dienone is 2. The lowest BCUT2D eigenvalue weighted by Gasteiger charge is -2.15. The maximum Gasteiger partial charge on any atom is 0.249 e. The molecular formula is C18H19ClN2O3. The monoisotopic (exact) mass is 346 g/mol. The van der Waals surface area contributed by atoms with Crippen LogP contribution in [0.2, 0.25) is 5.02 Å². The Kier molecular flexibility index (Phi) is 5.99. The highest BCUT2D eigenvalue weighted by Crippen LogP contribution is 2.31. The molecule has 126 valence electrons. The zero-order chi connectivity index (χ0) is 17.7. The molecule has 24 heavy (non-hydrogen) atoms. The molecule has 5 nitrogen and oxygen atoms in total. The summed E-state index contributed by atoms with van der Waals surface area (Å²) in [4.78, 5) is 24.6. The molecule has 0 bridgehead atoms. The first kappa shape index (κ1) is 18.0. The second-order valence-electron chi connectivity index (χ2n) is 5.79. The summed E-state index contributed by atoms with van der Waals surface area (Å²) in [6.07, 6.45) is 6.01. The Hall–Kier alpha value is -2.32. The number of nitrogens with zero attached hydrogens (tertiary/aromatic N) is 1. The summed E-state index contributed by atoms with van der Waals surface area (Å²) in [6.45, 7) is 1.79. The van der Waals surface area contributed by atoms with Crippen LogP contribution in [-0.2, 0) is 9.59 Å². The number of amides is 1. The number of ketones is 1. The predicted octanol–water partition coefficient (Wildman–Crippen LogP) is 3.66. The van der Waals surface area contributed by atoms with Crippen molar-refractivity contribution >= 4 is 29.0 Å². The van der Waals surface area contributed by atoms with Crippen molar-refractivity contribution in [3.05, 3.63) is 34.9 Å². The standard InChI is InChI=1S/C18H19ClN2O3/c1-11-7-15(17(24-2)9-14(11)19)21-18(23)13(10-20)16(22)8-12-5-3-4-6-12/h3,5,7,9,12-13H,4,6,8H2,1-2H3,(H,21,23)/t12-,13-/m1/s1. The van der Waals surface area contributed by atoms with Crippen LogP contribution in [0, 0.1) is 30.1 Å². The minimum absolute atomic E-state index is 0.119. The van der Waals surface area contributed by atoms with Crippen LogP contribution < -0.4 is 10.1 Å². The Bertz CT molecular complexity index is 722. The van der Waals surface area contributed by atoms with Gasteiger partial charge in [0.05, 0.1) is 18.9 Å². The lowest BCUT2D eigenvalue weighted by atomic mass is 9.94. The molecule has 1 N–H and O–H groups in total. The molecule has 6 heteroatoms. The Morgan fingerprint density at radius 2 is 2.25 bits per heavy atom. The van der Waals surface area contributed by atoms with Gasteiger partial charge in [-0.3, -0.25) is 9.59 Å². The maximum atomic E-state index is 12.4. The summed E-state index contributed by atoms with van der Waals surface area (Å²) < 4.78 is 5.19. The second kappa shape index (κ2) is 7.98. The largest absolute Gasteiger partial charge is 0.495 e. The van der Waals surface area contributed by atoms with E-state index in [-0.39, 0.29) is 18.1 Å². The number of Topliss-reactive ketones (excluding diaryl/α,β-unsaturated/α-hetero) is 1. The quantitative estimate of drug-likeness (QED) is 0.629. The van der Waals surface area contributed by atoms with E-state index in [0.717, 1.165) is 18.4 Å². The van der Waals surface area contributed by atoms with E-state index in [1.807, 2.05) is 12.2 Å². The first-order valence-corrected chi connectivity index (χ1v) is 8.08. The van der Waals surface area contributed by atoms with Gasteiger partial charge in [0.1, 0.15) is 5.75 Å². The van der Waals surface area contributed by atoms with Crippen molar-refractivity contribution in [1.29, 1.82) is 5.26 Å². The van der Waals surface area contributed by atoms with Crippen LogP contribution in [0.5, 0.6) is 5.75 Å². The van der Waals surface area contributed by atoms with Crippen LogP contribution in [0.3, 0.4) is 0 Å². The number of rotatable bonds is 6. The molecule has 1 aliphatic carbocycles. The van der Waals surface area contributed by atoms with Crippen molar-refractivity contribution in [3.63, 3.8) is 0 Å². The van der Waals surface area contributed by atoms with E-state index < -0.39 is 11.8 Å². The van der Waals surface area contributed by atoms with Crippen LogP contribution in [0.25, 0.3) is 0 Å². The number of hydrogen-bond acceptors (Lipinski definition) is 4. The zero-order valence-electron chi connectivity index (χ0n) is 13.6. The lowest BCUT2D eigenvalue weighted by molar-refractivity contribution is -0.129. The molecule has 0 saturated heterocycles. The van der Waals surface area contributed by atoms with Gasteiger partial charge >= 0.3 is 0 Å². The zero-order valence-corrected chi connectivity index (χ0v) is 14.4. The molecule has 0 unspecified atom stereocenters. The van der Waals surface area contributed by atoms with Crippen molar-refractivity contribution < 1.29 is 14.3 Å². The average molecular weight is 347 g/mol. The summed E-state index contributed by atoms with van der Waals surface area (Å²) in [6, 6.07) is 5.04. The first-order chi connectivity index (χ1) is 11.5. The fourth-order valence-electron chi connectivity index (χ4n) is 2.65. The van der Waals surface area contributed by atoms with Gasteiger partial charge in [0.25, 0.3) is 0 Å². The number of benzene rings is 1. The minimum Gasteiger partial charge on any atom is -0.495 e. The predicted molar refractivity (Wildman–Crippen MR) is 92.0 cm³/mol. The van der Waals surface area contributed by atoms with Gasteiger partial charge in [-0.05, 0) is 37.3 Å². The lowest BCUT2D eigenvalue weighted by Crippen LogP contribution is -2.29. The van der Waals surface area contributed by atoms with E-state index >= 15 is 0 Å². The Labute approximate surface area is 146 Å². The number of carbonyl (C=O) groups is 2. The van der Waals surface area contributed by atoms with Gasteiger partial charge in [-0.1, -0.05) is 23.8 Å². The minimum atomic E-state index is -1.33. The van der Waals surface area contributed by atoms with Gasteiger partial charge in [-0.25, -0.2) is 0 Å². The number of methoxy groups -OCH3 is 1. The van der Waals surface area contributed by atoms with Crippen molar-refractivity contribution in [2.45, 2.75) is 26.2 Å². The van der Waals surface area contributed by atoms with Crippen LogP contribution in [0.15, 0.2) is 24.3 Å². The number of aryl methyl sites for hydroxylation is 1. The molecule has 1 amide bonds. The molecule has 0 fully saturated rings. The summed E-state index contributed by atoms with van der Waals surface area (Å²) in [5, 5.41) is 12.3. The van der Waals surface area contributed by atoms with Crippen molar-refractivity contribution in [2.75, 3.05) is 12.4 Å². The molecule has 1 aliphatic rings. The molecule has 1 aromatic rings. The van der Waals surface area contributed by atoms with E-state index in [4.69, 9.17) is 16.3 Å². The van der Waals surface area contributed by atoms with E-state index in [9.17, 15) is 14.9 Å². The van der Waals surface area contributed by atoms with Gasteiger partial charge in [0.2, 0.25) is 5.91 Å². The fourth-order valence-corrected chi connectivity index (χ4v) is 2.81. The van der Waals surface area contributed by atoms with Gasteiger partial charge in [-0.15, -0.1) is 0 Å². The topological polar surface area (TPSA) is 79.2 Å². The third-order valence-corrected chi connectivity index (χ3v) is 4.43. The summed E-state index contributed by atoms with van der Waals surface area (Å²) in [5.74, 6) is -1.85. The summed E-state index contributed by atoms with van der Waals surface area (Å²) >= 11 is 6.03. The van der Waals surface area contributed by atoms with Gasteiger partial charge < -0.3 is 10.1 Å². The Balaban J connectivity index is 2.12. The molecule has 0 aromatic heterocycles. The third kappa shape index (κ3) is 4.15. The third-order valence-electron chi connectivity index (χ3n) is 4.03. The van der Waals surface area contributed by atoms with E-state index in [1.54, 1.807) is 25.1 Å². The number of hydrogen-bond donors (Lipinski definition) is 1. The second-order valence-corrected chi connectivity index (χ2v) is 6.20. The molecule has 0 radical (unpaired) electrons. The highest BCUT2D eigenvalue weighted by Gasteiger charge is 2.29. The van der Waals surface area contributed by atoms with Gasteiger partial charge in [0.15, 0.2) is 11.7 Å². The highest BCUT2D eigenvalue weighted by molar-refractivity contribution is 6.31. The number of anilines is 1. The molecule has 0 aliphatic heterocycles. The molecule has 2 atom stereocenters. The molecule has 0 heterocycles. The average Bonchev–Trinajstić information content (AvgIpc) is 3.04. The number of nitrogens with one attached hydrogen (secondary N) is 1. The molecule has 2 rings (SSSR count).